The predicted molar refractivity (Wildman–Crippen MR) is 75.7 cm³/mol. The summed E-state index contributed by atoms with van der Waals surface area (Å²) in [6.07, 6.45) is 8.35. The maximum absolute atomic E-state index is 10.4. The first-order valence-electron chi connectivity index (χ1n) is 7.79. The van der Waals surface area contributed by atoms with Gasteiger partial charge < -0.3 is 10.4 Å². The highest BCUT2D eigenvalue weighted by Gasteiger charge is 2.53. The Kier molecular flexibility index (Phi) is 2.94. The van der Waals surface area contributed by atoms with E-state index in [0.29, 0.717) is 0 Å². The Balaban J connectivity index is 1.37. The van der Waals surface area contributed by atoms with Crippen LogP contribution in [0.4, 0.5) is 0 Å². The van der Waals surface area contributed by atoms with Gasteiger partial charge in [0.2, 0.25) is 0 Å². The number of aliphatic hydroxyl groups is 1. The lowest BCUT2D eigenvalue weighted by Crippen LogP contribution is -2.48. The third kappa shape index (κ3) is 1.85. The first kappa shape index (κ1) is 12.0. The first-order chi connectivity index (χ1) is 8.75. The highest BCUT2D eigenvalue weighted by molar-refractivity contribution is 7.99. The van der Waals surface area contributed by atoms with Crippen molar-refractivity contribution in [3.63, 3.8) is 0 Å². The highest BCUT2D eigenvalue weighted by Crippen LogP contribution is 2.58. The van der Waals surface area contributed by atoms with Gasteiger partial charge >= 0.3 is 0 Å². The molecule has 3 aliphatic carbocycles. The minimum atomic E-state index is -0.401. The van der Waals surface area contributed by atoms with Crippen LogP contribution in [0.1, 0.15) is 38.5 Å². The Bertz CT molecular complexity index is 328. The van der Waals surface area contributed by atoms with Gasteiger partial charge in [-0.1, -0.05) is 6.42 Å². The van der Waals surface area contributed by atoms with Gasteiger partial charge in [-0.2, -0.15) is 11.8 Å². The van der Waals surface area contributed by atoms with E-state index < -0.39 is 5.60 Å². The molecule has 6 atom stereocenters. The summed E-state index contributed by atoms with van der Waals surface area (Å²) in [6.45, 7) is 0.839. The Morgan fingerprint density at radius 3 is 2.89 bits per heavy atom. The number of rotatable bonds is 3. The largest absolute Gasteiger partial charge is 0.388 e. The SMILES string of the molecule is OC1(CNC2CC3CC2C2CCCC32)CCSC1. The number of hydrogen-bond donors (Lipinski definition) is 2. The van der Waals surface area contributed by atoms with Gasteiger partial charge in [0, 0.05) is 18.3 Å². The molecule has 0 amide bonds. The standard InChI is InChI=1S/C15H25NOS/c17-15(4-5-18-9-15)8-16-14-7-10-6-13(14)12-3-1-2-11(10)12/h10-14,16-17H,1-9H2. The molecule has 0 aromatic heterocycles. The predicted octanol–water partition coefficient (Wildman–Crippen LogP) is 2.27. The highest BCUT2D eigenvalue weighted by atomic mass is 32.2. The number of fused-ring (bicyclic) bond motifs is 5. The van der Waals surface area contributed by atoms with Crippen LogP contribution in [0.3, 0.4) is 0 Å². The molecule has 3 heteroatoms. The molecule has 1 saturated heterocycles. The lowest BCUT2D eigenvalue weighted by molar-refractivity contribution is 0.0588. The van der Waals surface area contributed by atoms with Crippen LogP contribution in [0.15, 0.2) is 0 Å². The van der Waals surface area contributed by atoms with E-state index in [4.69, 9.17) is 0 Å². The van der Waals surface area contributed by atoms with E-state index in [1.165, 1.54) is 32.1 Å². The number of nitrogens with one attached hydrogen (secondary N) is 1. The van der Waals surface area contributed by atoms with Crippen LogP contribution in [-0.4, -0.2) is 34.8 Å². The number of hydrogen-bond acceptors (Lipinski definition) is 3. The summed E-state index contributed by atoms with van der Waals surface area (Å²) in [5.41, 5.74) is -0.401. The molecule has 2 N–H and O–H groups in total. The van der Waals surface area contributed by atoms with Crippen LogP contribution in [-0.2, 0) is 0 Å². The van der Waals surface area contributed by atoms with Crippen molar-refractivity contribution in [1.82, 2.24) is 5.32 Å². The van der Waals surface area contributed by atoms with Crippen molar-refractivity contribution in [3.8, 4) is 0 Å². The Morgan fingerprint density at radius 1 is 1.17 bits per heavy atom. The summed E-state index contributed by atoms with van der Waals surface area (Å²) in [5.74, 6) is 6.16. The van der Waals surface area contributed by atoms with E-state index >= 15 is 0 Å². The molecular formula is C15H25NOS. The molecule has 4 rings (SSSR count). The Labute approximate surface area is 114 Å². The zero-order chi connectivity index (χ0) is 12.2. The van der Waals surface area contributed by atoms with Gasteiger partial charge in [-0.05, 0) is 61.5 Å². The maximum atomic E-state index is 10.4. The molecule has 1 heterocycles. The molecule has 4 aliphatic rings. The molecule has 2 bridgehead atoms. The van der Waals surface area contributed by atoms with E-state index in [1.54, 1.807) is 0 Å². The van der Waals surface area contributed by atoms with Gasteiger partial charge in [-0.15, -0.1) is 0 Å². The molecular weight excluding hydrogens is 242 g/mol. The van der Waals surface area contributed by atoms with Gasteiger partial charge in [0.25, 0.3) is 0 Å². The van der Waals surface area contributed by atoms with Gasteiger partial charge in [0.1, 0.15) is 0 Å². The lowest BCUT2D eigenvalue weighted by Gasteiger charge is -2.34. The summed E-state index contributed by atoms with van der Waals surface area (Å²) >= 11 is 1.90. The monoisotopic (exact) mass is 267 g/mol. The average Bonchev–Trinajstić information content (AvgIpc) is 3.08. The van der Waals surface area contributed by atoms with Gasteiger partial charge in [0.05, 0.1) is 5.60 Å². The van der Waals surface area contributed by atoms with Gasteiger partial charge in [-0.25, -0.2) is 0 Å². The Morgan fingerprint density at radius 2 is 2.06 bits per heavy atom. The average molecular weight is 267 g/mol. The van der Waals surface area contributed by atoms with Crippen LogP contribution >= 0.6 is 11.8 Å². The zero-order valence-corrected chi connectivity index (χ0v) is 11.9. The molecule has 18 heavy (non-hydrogen) atoms. The quantitative estimate of drug-likeness (QED) is 0.823. The second kappa shape index (κ2) is 4.39. The zero-order valence-electron chi connectivity index (χ0n) is 11.1. The van der Waals surface area contributed by atoms with E-state index in [2.05, 4.69) is 5.32 Å². The van der Waals surface area contributed by atoms with Crippen molar-refractivity contribution in [2.45, 2.75) is 50.2 Å². The summed E-state index contributed by atoms with van der Waals surface area (Å²) in [5, 5.41) is 14.2. The third-order valence-corrected chi connectivity index (χ3v) is 7.44. The fourth-order valence-electron chi connectivity index (χ4n) is 5.36. The van der Waals surface area contributed by atoms with Crippen molar-refractivity contribution >= 4 is 11.8 Å². The van der Waals surface area contributed by atoms with E-state index in [-0.39, 0.29) is 0 Å². The molecule has 1 aliphatic heterocycles. The maximum Gasteiger partial charge on any atom is 0.0869 e. The van der Waals surface area contributed by atoms with E-state index in [9.17, 15) is 5.11 Å². The van der Waals surface area contributed by atoms with Crippen molar-refractivity contribution in [3.05, 3.63) is 0 Å². The summed E-state index contributed by atoms with van der Waals surface area (Å²) < 4.78 is 0. The molecule has 0 spiro atoms. The molecule has 2 nitrogen and oxygen atoms in total. The van der Waals surface area contributed by atoms with Crippen molar-refractivity contribution in [2.24, 2.45) is 23.7 Å². The number of thioether (sulfide) groups is 1. The van der Waals surface area contributed by atoms with E-state index in [0.717, 1.165) is 54.2 Å². The summed E-state index contributed by atoms with van der Waals surface area (Å²) in [4.78, 5) is 0. The minimum Gasteiger partial charge on any atom is -0.388 e. The molecule has 3 saturated carbocycles. The van der Waals surface area contributed by atoms with Crippen LogP contribution in [0.2, 0.25) is 0 Å². The summed E-state index contributed by atoms with van der Waals surface area (Å²) in [6, 6.07) is 0.726. The first-order valence-corrected chi connectivity index (χ1v) is 8.94. The fraction of sp³-hybridized carbons (Fsp3) is 1.00. The van der Waals surface area contributed by atoms with E-state index in [1.807, 2.05) is 11.8 Å². The second-order valence-corrected chi connectivity index (χ2v) is 8.27. The van der Waals surface area contributed by atoms with Crippen molar-refractivity contribution in [2.75, 3.05) is 18.1 Å². The molecule has 6 unspecified atom stereocenters. The van der Waals surface area contributed by atoms with Crippen LogP contribution in [0.25, 0.3) is 0 Å². The van der Waals surface area contributed by atoms with Crippen LogP contribution < -0.4 is 5.32 Å². The molecule has 0 aromatic carbocycles. The molecule has 0 aromatic rings. The van der Waals surface area contributed by atoms with Crippen molar-refractivity contribution < 1.29 is 5.11 Å². The van der Waals surface area contributed by atoms with Gasteiger partial charge in [-0.3, -0.25) is 0 Å². The lowest BCUT2D eigenvalue weighted by atomic mass is 9.79. The normalized spacial score (nSPS) is 54.2. The molecule has 0 radical (unpaired) electrons. The Hall–Kier alpha value is 0.270. The smallest absolute Gasteiger partial charge is 0.0869 e. The van der Waals surface area contributed by atoms with Crippen molar-refractivity contribution in [1.29, 1.82) is 0 Å². The minimum absolute atomic E-state index is 0.401. The topological polar surface area (TPSA) is 32.3 Å². The second-order valence-electron chi connectivity index (χ2n) is 7.17. The third-order valence-electron chi connectivity index (χ3n) is 6.20. The fourth-order valence-corrected chi connectivity index (χ4v) is 6.65. The molecule has 4 fully saturated rings. The van der Waals surface area contributed by atoms with Crippen LogP contribution in [0, 0.1) is 23.7 Å². The molecule has 102 valence electrons. The van der Waals surface area contributed by atoms with Gasteiger partial charge in [0.15, 0.2) is 0 Å². The van der Waals surface area contributed by atoms with Crippen LogP contribution in [0.5, 0.6) is 0 Å². The summed E-state index contributed by atoms with van der Waals surface area (Å²) in [7, 11) is 0.